The largest absolute Gasteiger partial charge is 0.350 e. The number of benzene rings is 1. The fourth-order valence-corrected chi connectivity index (χ4v) is 3.46. The third-order valence-electron chi connectivity index (χ3n) is 4.77. The van der Waals surface area contributed by atoms with Crippen LogP contribution >= 0.6 is 0 Å². The smallest absolute Gasteiger partial charge is 0.340 e. The quantitative estimate of drug-likeness (QED) is 0.640. The first kappa shape index (κ1) is 17.1. The maximum absolute atomic E-state index is 12.6. The van der Waals surface area contributed by atoms with Crippen LogP contribution in [0.3, 0.4) is 0 Å². The molecular formula is C17H20N8O2. The fraction of sp³-hybridized carbons (Fsp3) is 0.412. The van der Waals surface area contributed by atoms with E-state index in [1.165, 1.54) is 15.8 Å². The average molecular weight is 368 g/mol. The molecule has 1 aliphatic heterocycles. The van der Waals surface area contributed by atoms with Crippen LogP contribution in [0.4, 0.5) is 0 Å². The van der Waals surface area contributed by atoms with Crippen molar-refractivity contribution in [3.63, 3.8) is 0 Å². The summed E-state index contributed by atoms with van der Waals surface area (Å²) in [4.78, 5) is 28.2. The molecule has 0 aliphatic carbocycles. The van der Waals surface area contributed by atoms with E-state index in [0.717, 1.165) is 18.5 Å². The highest BCUT2D eigenvalue weighted by Gasteiger charge is 2.29. The van der Waals surface area contributed by atoms with Crippen LogP contribution in [0.5, 0.6) is 0 Å². The topological polar surface area (TPSA) is 104 Å². The van der Waals surface area contributed by atoms with E-state index in [0.29, 0.717) is 18.9 Å². The van der Waals surface area contributed by atoms with Gasteiger partial charge in [0.2, 0.25) is 5.91 Å². The van der Waals surface area contributed by atoms with Gasteiger partial charge in [-0.05, 0) is 30.2 Å². The zero-order valence-corrected chi connectivity index (χ0v) is 15.0. The van der Waals surface area contributed by atoms with E-state index >= 15 is 0 Å². The summed E-state index contributed by atoms with van der Waals surface area (Å²) < 4.78 is 2.99. The number of carbonyl (C=O) groups excluding carboxylic acids is 1. The first-order valence-electron chi connectivity index (χ1n) is 8.83. The van der Waals surface area contributed by atoms with Gasteiger partial charge >= 0.3 is 5.69 Å². The number of aromatic nitrogens is 7. The Kier molecular flexibility index (Phi) is 4.53. The van der Waals surface area contributed by atoms with Gasteiger partial charge in [0.25, 0.3) is 0 Å². The molecule has 0 bridgehead atoms. The summed E-state index contributed by atoms with van der Waals surface area (Å²) in [5.41, 5.74) is 0.590. The molecule has 1 aliphatic rings. The number of piperidine rings is 1. The van der Waals surface area contributed by atoms with Crippen molar-refractivity contribution in [3.05, 3.63) is 53.0 Å². The van der Waals surface area contributed by atoms with Crippen molar-refractivity contribution >= 4 is 5.91 Å². The van der Waals surface area contributed by atoms with Gasteiger partial charge in [0.05, 0.1) is 5.69 Å². The van der Waals surface area contributed by atoms with Crippen LogP contribution in [-0.2, 0) is 18.4 Å². The SMILES string of the molecule is Cn1nc(C2CCCN(C(=O)Cn3ncnn3)C2)n(-c2ccccc2)c1=O. The van der Waals surface area contributed by atoms with Gasteiger partial charge in [-0.3, -0.25) is 4.79 Å². The minimum atomic E-state index is -0.188. The van der Waals surface area contributed by atoms with Crippen molar-refractivity contribution in [1.82, 2.24) is 39.5 Å². The van der Waals surface area contributed by atoms with Crippen molar-refractivity contribution in [2.45, 2.75) is 25.3 Å². The minimum Gasteiger partial charge on any atom is -0.340 e. The average Bonchev–Trinajstić information content (AvgIpc) is 3.31. The second kappa shape index (κ2) is 7.14. The highest BCUT2D eigenvalue weighted by atomic mass is 16.2. The van der Waals surface area contributed by atoms with E-state index < -0.39 is 0 Å². The maximum atomic E-state index is 12.6. The van der Waals surface area contributed by atoms with Gasteiger partial charge in [-0.2, -0.15) is 9.90 Å². The molecule has 0 saturated carbocycles. The molecule has 140 valence electrons. The van der Waals surface area contributed by atoms with Crippen molar-refractivity contribution in [3.8, 4) is 5.69 Å². The van der Waals surface area contributed by atoms with Gasteiger partial charge in [-0.15, -0.1) is 10.2 Å². The highest BCUT2D eigenvalue weighted by molar-refractivity contribution is 5.76. The van der Waals surface area contributed by atoms with Crippen LogP contribution in [0.1, 0.15) is 24.6 Å². The van der Waals surface area contributed by atoms with E-state index in [4.69, 9.17) is 0 Å². The van der Waals surface area contributed by atoms with E-state index in [-0.39, 0.29) is 24.1 Å². The number of carbonyl (C=O) groups is 1. The molecule has 1 saturated heterocycles. The number of nitrogens with zero attached hydrogens (tertiary/aromatic N) is 8. The number of aryl methyl sites for hydroxylation is 1. The molecule has 1 atom stereocenters. The molecule has 4 rings (SSSR count). The number of hydrogen-bond donors (Lipinski definition) is 0. The Bertz CT molecular complexity index is 976. The van der Waals surface area contributed by atoms with Crippen molar-refractivity contribution in [2.75, 3.05) is 13.1 Å². The van der Waals surface area contributed by atoms with Crippen molar-refractivity contribution in [1.29, 1.82) is 0 Å². The molecule has 1 amide bonds. The second-order valence-corrected chi connectivity index (χ2v) is 6.58. The lowest BCUT2D eigenvalue weighted by molar-refractivity contribution is -0.133. The molecular weight excluding hydrogens is 348 g/mol. The van der Waals surface area contributed by atoms with Gasteiger partial charge in [0.15, 0.2) is 6.33 Å². The van der Waals surface area contributed by atoms with E-state index in [2.05, 4.69) is 20.5 Å². The molecule has 1 unspecified atom stereocenters. The highest BCUT2D eigenvalue weighted by Crippen LogP contribution is 2.26. The van der Waals surface area contributed by atoms with E-state index in [1.807, 2.05) is 30.3 Å². The van der Waals surface area contributed by atoms with Gasteiger partial charge in [0.1, 0.15) is 12.4 Å². The summed E-state index contributed by atoms with van der Waals surface area (Å²) in [7, 11) is 1.65. The Labute approximate surface area is 155 Å². The van der Waals surface area contributed by atoms with E-state index in [1.54, 1.807) is 16.5 Å². The number of rotatable bonds is 4. The van der Waals surface area contributed by atoms with Gasteiger partial charge in [0, 0.05) is 26.1 Å². The number of hydrogen-bond acceptors (Lipinski definition) is 6. The second-order valence-electron chi connectivity index (χ2n) is 6.58. The van der Waals surface area contributed by atoms with Gasteiger partial charge in [-0.1, -0.05) is 18.2 Å². The lowest BCUT2D eigenvalue weighted by atomic mass is 9.97. The Balaban J connectivity index is 1.59. The molecule has 0 spiro atoms. The van der Waals surface area contributed by atoms with Crippen LogP contribution in [-0.4, -0.2) is 58.5 Å². The molecule has 0 N–H and O–H groups in total. The summed E-state index contributed by atoms with van der Waals surface area (Å²) in [5.74, 6) is 0.604. The van der Waals surface area contributed by atoms with Crippen LogP contribution in [0.25, 0.3) is 5.69 Å². The van der Waals surface area contributed by atoms with Gasteiger partial charge < -0.3 is 4.90 Å². The summed E-state index contributed by atoms with van der Waals surface area (Å²) in [6.45, 7) is 1.24. The Morgan fingerprint density at radius 3 is 2.81 bits per heavy atom. The number of amides is 1. The first-order chi connectivity index (χ1) is 13.1. The summed E-state index contributed by atoms with van der Waals surface area (Å²) in [5, 5.41) is 15.7. The monoisotopic (exact) mass is 368 g/mol. The molecule has 1 fully saturated rings. The van der Waals surface area contributed by atoms with Crippen molar-refractivity contribution < 1.29 is 4.79 Å². The van der Waals surface area contributed by atoms with Gasteiger partial charge in [-0.25, -0.2) is 14.0 Å². The molecule has 27 heavy (non-hydrogen) atoms. The molecule has 10 nitrogen and oxygen atoms in total. The van der Waals surface area contributed by atoms with E-state index in [9.17, 15) is 9.59 Å². The molecule has 3 aromatic rings. The minimum absolute atomic E-state index is 0.0134. The number of likely N-dealkylation sites (tertiary alicyclic amines) is 1. The normalized spacial score (nSPS) is 17.2. The van der Waals surface area contributed by atoms with Crippen LogP contribution in [0, 0.1) is 0 Å². The molecule has 3 heterocycles. The predicted molar refractivity (Wildman–Crippen MR) is 95.2 cm³/mol. The number of tetrazole rings is 1. The maximum Gasteiger partial charge on any atom is 0.350 e. The summed E-state index contributed by atoms with van der Waals surface area (Å²) >= 11 is 0. The molecule has 0 radical (unpaired) electrons. The van der Waals surface area contributed by atoms with Crippen molar-refractivity contribution in [2.24, 2.45) is 7.05 Å². The fourth-order valence-electron chi connectivity index (χ4n) is 3.46. The third-order valence-corrected chi connectivity index (χ3v) is 4.77. The predicted octanol–water partition coefficient (Wildman–Crippen LogP) is -0.0363. The lowest BCUT2D eigenvalue weighted by Gasteiger charge is -2.32. The third kappa shape index (κ3) is 3.37. The molecule has 2 aromatic heterocycles. The standard InChI is InChI=1S/C17H20N8O2/c1-22-17(27)25(14-7-3-2-4-8-14)16(20-22)13-6-5-9-23(10-13)15(26)11-24-19-12-18-21-24/h2-4,7-8,12-13H,5-6,9-11H2,1H3. The zero-order chi connectivity index (χ0) is 18.8. The Hall–Kier alpha value is -3.30. The Morgan fingerprint density at radius 2 is 2.07 bits per heavy atom. The first-order valence-corrected chi connectivity index (χ1v) is 8.83. The molecule has 10 heteroatoms. The summed E-state index contributed by atoms with van der Waals surface area (Å²) in [6.07, 6.45) is 3.02. The molecule has 1 aromatic carbocycles. The van der Waals surface area contributed by atoms with Crippen LogP contribution < -0.4 is 5.69 Å². The van der Waals surface area contributed by atoms with Crippen LogP contribution in [0.15, 0.2) is 41.5 Å². The zero-order valence-electron chi connectivity index (χ0n) is 15.0. The number of para-hydroxylation sites is 1. The lowest BCUT2D eigenvalue weighted by Crippen LogP contribution is -2.41. The summed E-state index contributed by atoms with van der Waals surface area (Å²) in [6, 6.07) is 9.45. The van der Waals surface area contributed by atoms with Crippen LogP contribution in [0.2, 0.25) is 0 Å². The Morgan fingerprint density at radius 1 is 1.26 bits per heavy atom.